The highest BCUT2D eigenvalue weighted by molar-refractivity contribution is 5.74. The number of pyridine rings is 1. The van der Waals surface area contributed by atoms with Crippen molar-refractivity contribution in [1.82, 2.24) is 24.8 Å². The second-order valence-corrected chi connectivity index (χ2v) is 8.25. The third-order valence-electron chi connectivity index (χ3n) is 6.16. The summed E-state index contributed by atoms with van der Waals surface area (Å²) in [6, 6.07) is 4.15. The Labute approximate surface area is 167 Å². The van der Waals surface area contributed by atoms with Crippen LogP contribution in [0.5, 0.6) is 0 Å². The molecule has 2 aromatic heterocycles. The molecule has 1 atom stereocenters. The standard InChI is InChI=1S/C22H31N5O/c28-22(25-15-18-6-2-1-3-7-18)27-12-5-9-20(17-27)21-24-11-13-26(21)16-19-8-4-10-23-14-19/h4,8,10-11,13-14,18,20H,1-3,5-7,9,12,15-17H2,(H,25,28)/t20-/m0/s1. The van der Waals surface area contributed by atoms with Gasteiger partial charge in [-0.3, -0.25) is 4.98 Å². The second kappa shape index (κ2) is 9.22. The summed E-state index contributed by atoms with van der Waals surface area (Å²) >= 11 is 0. The van der Waals surface area contributed by atoms with Gasteiger partial charge < -0.3 is 14.8 Å². The molecular weight excluding hydrogens is 350 g/mol. The molecule has 2 fully saturated rings. The summed E-state index contributed by atoms with van der Waals surface area (Å²) in [4.78, 5) is 23.5. The van der Waals surface area contributed by atoms with Gasteiger partial charge in [-0.1, -0.05) is 25.3 Å². The van der Waals surface area contributed by atoms with E-state index in [1.54, 1.807) is 6.20 Å². The lowest BCUT2D eigenvalue weighted by Gasteiger charge is -2.33. The van der Waals surface area contributed by atoms with Gasteiger partial charge in [-0.15, -0.1) is 0 Å². The molecule has 3 heterocycles. The minimum absolute atomic E-state index is 0.0978. The number of urea groups is 1. The van der Waals surface area contributed by atoms with E-state index in [0.29, 0.717) is 11.8 Å². The van der Waals surface area contributed by atoms with E-state index in [9.17, 15) is 4.79 Å². The van der Waals surface area contributed by atoms with E-state index in [-0.39, 0.29) is 6.03 Å². The summed E-state index contributed by atoms with van der Waals surface area (Å²) in [6.07, 6.45) is 16.2. The first kappa shape index (κ1) is 19.0. The summed E-state index contributed by atoms with van der Waals surface area (Å²) in [5.74, 6) is 2.03. The van der Waals surface area contributed by atoms with Gasteiger partial charge >= 0.3 is 6.03 Å². The lowest BCUT2D eigenvalue weighted by molar-refractivity contribution is 0.174. The Morgan fingerprint density at radius 3 is 2.86 bits per heavy atom. The molecule has 1 N–H and O–H groups in total. The lowest BCUT2D eigenvalue weighted by atomic mass is 9.89. The number of rotatable bonds is 5. The van der Waals surface area contributed by atoms with Crippen LogP contribution in [-0.4, -0.2) is 45.1 Å². The number of likely N-dealkylation sites (tertiary alicyclic amines) is 1. The summed E-state index contributed by atoms with van der Waals surface area (Å²) < 4.78 is 2.20. The highest BCUT2D eigenvalue weighted by Gasteiger charge is 2.28. The zero-order valence-corrected chi connectivity index (χ0v) is 16.6. The van der Waals surface area contributed by atoms with E-state index in [1.807, 2.05) is 29.6 Å². The monoisotopic (exact) mass is 381 g/mol. The van der Waals surface area contributed by atoms with Crippen LogP contribution >= 0.6 is 0 Å². The SMILES string of the molecule is O=C(NCC1CCCCC1)N1CCC[C@H](c2nccn2Cc2cccnc2)C1. The van der Waals surface area contributed by atoms with Gasteiger partial charge in [-0.25, -0.2) is 9.78 Å². The fourth-order valence-electron chi connectivity index (χ4n) is 4.61. The van der Waals surface area contributed by atoms with E-state index in [4.69, 9.17) is 0 Å². The number of piperidine rings is 1. The van der Waals surface area contributed by atoms with Crippen molar-refractivity contribution in [3.8, 4) is 0 Å². The molecule has 1 aliphatic carbocycles. The van der Waals surface area contributed by atoms with Crippen LogP contribution in [0.2, 0.25) is 0 Å². The van der Waals surface area contributed by atoms with Gasteiger partial charge in [0.2, 0.25) is 0 Å². The molecule has 2 aliphatic rings. The third kappa shape index (κ3) is 4.72. The molecule has 4 rings (SSSR count). The highest BCUT2D eigenvalue weighted by atomic mass is 16.2. The maximum atomic E-state index is 12.7. The van der Waals surface area contributed by atoms with Gasteiger partial charge in [0.05, 0.1) is 6.54 Å². The van der Waals surface area contributed by atoms with Crippen LogP contribution in [0.4, 0.5) is 4.79 Å². The van der Waals surface area contributed by atoms with Crippen molar-refractivity contribution in [2.45, 2.75) is 57.4 Å². The number of aromatic nitrogens is 3. The van der Waals surface area contributed by atoms with Crippen LogP contribution in [0.1, 0.15) is 62.3 Å². The van der Waals surface area contributed by atoms with E-state index in [2.05, 4.69) is 25.9 Å². The largest absolute Gasteiger partial charge is 0.338 e. The fraction of sp³-hybridized carbons (Fsp3) is 0.591. The Morgan fingerprint density at radius 1 is 1.14 bits per heavy atom. The molecule has 1 saturated heterocycles. The van der Waals surface area contributed by atoms with Crippen molar-refractivity contribution in [3.05, 3.63) is 48.3 Å². The van der Waals surface area contributed by atoms with Crippen molar-refractivity contribution in [2.75, 3.05) is 19.6 Å². The molecule has 1 aliphatic heterocycles. The normalized spacial score (nSPS) is 20.9. The Morgan fingerprint density at radius 2 is 2.04 bits per heavy atom. The first-order valence-corrected chi connectivity index (χ1v) is 10.7. The van der Waals surface area contributed by atoms with Gasteiger partial charge in [-0.05, 0) is 43.2 Å². The second-order valence-electron chi connectivity index (χ2n) is 8.25. The van der Waals surface area contributed by atoms with Gasteiger partial charge in [-0.2, -0.15) is 0 Å². The molecular formula is C22H31N5O. The fourth-order valence-corrected chi connectivity index (χ4v) is 4.61. The van der Waals surface area contributed by atoms with Crippen LogP contribution < -0.4 is 5.32 Å². The predicted octanol–water partition coefficient (Wildman–Crippen LogP) is 3.80. The Kier molecular flexibility index (Phi) is 6.24. The molecule has 0 radical (unpaired) electrons. The third-order valence-corrected chi connectivity index (χ3v) is 6.16. The molecule has 28 heavy (non-hydrogen) atoms. The predicted molar refractivity (Wildman–Crippen MR) is 109 cm³/mol. The number of carbonyl (C=O) groups excluding carboxylic acids is 1. The molecule has 0 spiro atoms. The average Bonchev–Trinajstić information content (AvgIpc) is 3.22. The minimum atomic E-state index is 0.0978. The van der Waals surface area contributed by atoms with Crippen LogP contribution in [0.25, 0.3) is 0 Å². The number of imidazole rings is 1. The summed E-state index contributed by atoms with van der Waals surface area (Å²) in [5, 5.41) is 3.19. The molecule has 2 aromatic rings. The summed E-state index contributed by atoms with van der Waals surface area (Å²) in [6.45, 7) is 3.19. The molecule has 6 nitrogen and oxygen atoms in total. The highest BCUT2D eigenvalue weighted by Crippen LogP contribution is 2.27. The van der Waals surface area contributed by atoms with E-state index in [0.717, 1.165) is 44.8 Å². The molecule has 0 unspecified atom stereocenters. The Bertz CT molecular complexity index is 753. The Balaban J connectivity index is 1.35. The van der Waals surface area contributed by atoms with E-state index in [1.165, 1.54) is 37.7 Å². The van der Waals surface area contributed by atoms with E-state index >= 15 is 0 Å². The number of nitrogens with zero attached hydrogens (tertiary/aromatic N) is 4. The smallest absolute Gasteiger partial charge is 0.317 e. The average molecular weight is 382 g/mol. The van der Waals surface area contributed by atoms with Crippen LogP contribution in [-0.2, 0) is 6.54 Å². The molecule has 0 aromatic carbocycles. The maximum Gasteiger partial charge on any atom is 0.317 e. The maximum absolute atomic E-state index is 12.7. The lowest BCUT2D eigenvalue weighted by Crippen LogP contribution is -2.46. The zero-order valence-electron chi connectivity index (χ0n) is 16.6. The zero-order chi connectivity index (χ0) is 19.2. The van der Waals surface area contributed by atoms with Crippen molar-refractivity contribution in [3.63, 3.8) is 0 Å². The van der Waals surface area contributed by atoms with Crippen molar-refractivity contribution in [1.29, 1.82) is 0 Å². The van der Waals surface area contributed by atoms with Crippen molar-refractivity contribution in [2.24, 2.45) is 5.92 Å². The van der Waals surface area contributed by atoms with Crippen molar-refractivity contribution < 1.29 is 4.79 Å². The summed E-state index contributed by atoms with van der Waals surface area (Å²) in [5.41, 5.74) is 1.17. The van der Waals surface area contributed by atoms with E-state index < -0.39 is 0 Å². The summed E-state index contributed by atoms with van der Waals surface area (Å²) in [7, 11) is 0. The molecule has 0 bridgehead atoms. The Hall–Kier alpha value is -2.37. The van der Waals surface area contributed by atoms with Gasteiger partial charge in [0.1, 0.15) is 5.82 Å². The van der Waals surface area contributed by atoms with Crippen molar-refractivity contribution >= 4 is 6.03 Å². The molecule has 150 valence electrons. The van der Waals surface area contributed by atoms with Crippen LogP contribution in [0.3, 0.4) is 0 Å². The number of carbonyl (C=O) groups is 1. The van der Waals surface area contributed by atoms with Crippen LogP contribution in [0, 0.1) is 5.92 Å². The number of nitrogens with one attached hydrogen (secondary N) is 1. The molecule has 6 heteroatoms. The molecule has 2 amide bonds. The number of hydrogen-bond donors (Lipinski definition) is 1. The van der Waals surface area contributed by atoms with Gasteiger partial charge in [0, 0.05) is 50.3 Å². The topological polar surface area (TPSA) is 63.1 Å². The quantitative estimate of drug-likeness (QED) is 0.857. The van der Waals surface area contributed by atoms with Crippen LogP contribution in [0.15, 0.2) is 36.9 Å². The van der Waals surface area contributed by atoms with Gasteiger partial charge in [0.25, 0.3) is 0 Å². The first-order chi connectivity index (χ1) is 13.8. The first-order valence-electron chi connectivity index (χ1n) is 10.7. The van der Waals surface area contributed by atoms with Gasteiger partial charge in [0.15, 0.2) is 0 Å². The molecule has 1 saturated carbocycles. The minimum Gasteiger partial charge on any atom is -0.338 e. The number of hydrogen-bond acceptors (Lipinski definition) is 3. The number of amides is 2.